The summed E-state index contributed by atoms with van der Waals surface area (Å²) in [6, 6.07) is 8.58. The molecule has 23 heavy (non-hydrogen) atoms. The van der Waals surface area contributed by atoms with Crippen molar-refractivity contribution in [2.75, 3.05) is 25.1 Å². The van der Waals surface area contributed by atoms with E-state index in [9.17, 15) is 9.59 Å². The maximum absolute atomic E-state index is 12.5. The number of esters is 1. The molecule has 3 rings (SSSR count). The third kappa shape index (κ3) is 3.13. The summed E-state index contributed by atoms with van der Waals surface area (Å²) in [4.78, 5) is 35.8. The predicted molar refractivity (Wildman–Crippen MR) is 83.0 cm³/mol. The van der Waals surface area contributed by atoms with E-state index in [1.165, 1.54) is 13.3 Å². The number of pyridine rings is 2. The number of nitrogens with zero attached hydrogens (tertiary/aromatic N) is 4. The van der Waals surface area contributed by atoms with Gasteiger partial charge >= 0.3 is 12.0 Å². The Labute approximate surface area is 133 Å². The molecular weight excluding hydrogens is 296 g/mol. The second kappa shape index (κ2) is 6.43. The largest absolute Gasteiger partial charge is 0.465 e. The Morgan fingerprint density at radius 1 is 1.22 bits per heavy atom. The molecular formula is C16H16N4O3. The third-order valence-electron chi connectivity index (χ3n) is 3.62. The zero-order chi connectivity index (χ0) is 16.2. The number of urea groups is 1. The monoisotopic (exact) mass is 312 g/mol. The Balaban J connectivity index is 1.75. The first-order chi connectivity index (χ1) is 11.2. The first kappa shape index (κ1) is 15.0. The molecule has 7 nitrogen and oxygen atoms in total. The highest BCUT2D eigenvalue weighted by Crippen LogP contribution is 2.20. The van der Waals surface area contributed by atoms with Crippen LogP contribution in [0.25, 0.3) is 0 Å². The Bertz CT molecular complexity index is 720. The smallest absolute Gasteiger partial charge is 0.338 e. The molecule has 0 aromatic carbocycles. The van der Waals surface area contributed by atoms with E-state index >= 15 is 0 Å². The van der Waals surface area contributed by atoms with Crippen molar-refractivity contribution in [2.24, 2.45) is 0 Å². The Morgan fingerprint density at radius 3 is 2.83 bits per heavy atom. The summed E-state index contributed by atoms with van der Waals surface area (Å²) in [6.45, 7) is 1.55. The zero-order valence-corrected chi connectivity index (χ0v) is 12.7. The van der Waals surface area contributed by atoms with Crippen LogP contribution in [0.1, 0.15) is 16.1 Å². The number of amides is 2. The fraction of sp³-hybridized carbons (Fsp3) is 0.250. The molecule has 2 amide bonds. The molecule has 0 bridgehead atoms. The minimum atomic E-state index is -0.453. The minimum Gasteiger partial charge on any atom is -0.465 e. The third-order valence-corrected chi connectivity index (χ3v) is 3.62. The molecule has 0 aliphatic carbocycles. The maximum Gasteiger partial charge on any atom is 0.338 e. The van der Waals surface area contributed by atoms with E-state index in [1.807, 2.05) is 18.2 Å². The highest BCUT2D eigenvalue weighted by Gasteiger charge is 2.30. The predicted octanol–water partition coefficient (Wildman–Crippen LogP) is 1.71. The van der Waals surface area contributed by atoms with Crippen LogP contribution >= 0.6 is 0 Å². The van der Waals surface area contributed by atoms with Gasteiger partial charge in [-0.2, -0.15) is 0 Å². The molecule has 118 valence electrons. The quantitative estimate of drug-likeness (QED) is 0.803. The van der Waals surface area contributed by atoms with Crippen LogP contribution in [0.2, 0.25) is 0 Å². The molecule has 1 fully saturated rings. The fourth-order valence-electron chi connectivity index (χ4n) is 2.44. The van der Waals surface area contributed by atoms with Crippen molar-refractivity contribution >= 4 is 17.8 Å². The van der Waals surface area contributed by atoms with E-state index in [1.54, 1.807) is 28.1 Å². The number of anilines is 1. The summed E-state index contributed by atoms with van der Waals surface area (Å²) in [6.07, 6.45) is 3.20. The first-order valence-corrected chi connectivity index (χ1v) is 7.20. The molecule has 0 N–H and O–H groups in total. The van der Waals surface area contributed by atoms with Gasteiger partial charge < -0.3 is 9.64 Å². The molecule has 0 atom stereocenters. The topological polar surface area (TPSA) is 75.6 Å². The van der Waals surface area contributed by atoms with Crippen LogP contribution in [0.4, 0.5) is 10.6 Å². The van der Waals surface area contributed by atoms with Crippen LogP contribution in [0, 0.1) is 0 Å². The Morgan fingerprint density at radius 2 is 2.09 bits per heavy atom. The van der Waals surface area contributed by atoms with Gasteiger partial charge in [-0.25, -0.2) is 14.6 Å². The number of rotatable bonds is 4. The van der Waals surface area contributed by atoms with Gasteiger partial charge in [-0.3, -0.25) is 9.88 Å². The molecule has 0 saturated carbocycles. The van der Waals surface area contributed by atoms with Gasteiger partial charge in [0.2, 0.25) is 0 Å². The summed E-state index contributed by atoms with van der Waals surface area (Å²) >= 11 is 0. The molecule has 7 heteroatoms. The molecule has 0 radical (unpaired) electrons. The second-order valence-electron chi connectivity index (χ2n) is 5.07. The second-order valence-corrected chi connectivity index (χ2v) is 5.07. The van der Waals surface area contributed by atoms with Crippen molar-refractivity contribution in [3.05, 3.63) is 54.0 Å². The molecule has 1 aliphatic rings. The van der Waals surface area contributed by atoms with Crippen LogP contribution in [0.15, 0.2) is 42.7 Å². The van der Waals surface area contributed by atoms with Gasteiger partial charge in [0, 0.05) is 25.5 Å². The standard InChI is InChI=1S/C16H16N4O3/c1-23-15(21)12-5-7-18-14(10-12)20-9-8-19(16(20)22)11-13-4-2-3-6-17-13/h2-7,10H,8-9,11H2,1H3. The van der Waals surface area contributed by atoms with Crippen molar-refractivity contribution in [1.82, 2.24) is 14.9 Å². The zero-order valence-electron chi connectivity index (χ0n) is 12.7. The van der Waals surface area contributed by atoms with Crippen LogP contribution < -0.4 is 4.90 Å². The lowest BCUT2D eigenvalue weighted by molar-refractivity contribution is 0.0600. The Hall–Kier alpha value is -2.96. The number of ether oxygens (including phenoxy) is 1. The summed E-state index contributed by atoms with van der Waals surface area (Å²) in [5, 5.41) is 0. The van der Waals surface area contributed by atoms with E-state index in [-0.39, 0.29) is 6.03 Å². The van der Waals surface area contributed by atoms with E-state index in [0.717, 1.165) is 5.69 Å². The van der Waals surface area contributed by atoms with Gasteiger partial charge in [0.25, 0.3) is 0 Å². The number of hydrogen-bond donors (Lipinski definition) is 0. The van der Waals surface area contributed by atoms with Gasteiger partial charge in [0.15, 0.2) is 0 Å². The van der Waals surface area contributed by atoms with E-state index in [2.05, 4.69) is 9.97 Å². The lowest BCUT2D eigenvalue weighted by atomic mass is 10.2. The highest BCUT2D eigenvalue weighted by atomic mass is 16.5. The molecule has 0 unspecified atom stereocenters. The number of methoxy groups -OCH3 is 1. The molecule has 0 spiro atoms. The summed E-state index contributed by atoms with van der Waals surface area (Å²) in [5.74, 6) is -0.00735. The van der Waals surface area contributed by atoms with Crippen LogP contribution in [-0.4, -0.2) is 47.1 Å². The molecule has 1 saturated heterocycles. The van der Waals surface area contributed by atoms with Crippen molar-refractivity contribution in [1.29, 1.82) is 0 Å². The lowest BCUT2D eigenvalue weighted by Gasteiger charge is -2.18. The SMILES string of the molecule is COC(=O)c1ccnc(N2CCN(Cc3ccccn3)C2=O)c1. The summed E-state index contributed by atoms with van der Waals surface area (Å²) in [7, 11) is 1.32. The number of hydrogen-bond acceptors (Lipinski definition) is 5. The van der Waals surface area contributed by atoms with Gasteiger partial charge in [-0.05, 0) is 24.3 Å². The van der Waals surface area contributed by atoms with Crippen molar-refractivity contribution in [3.8, 4) is 0 Å². The number of carbonyl (C=O) groups excluding carboxylic acids is 2. The van der Waals surface area contributed by atoms with Crippen molar-refractivity contribution in [3.63, 3.8) is 0 Å². The van der Waals surface area contributed by atoms with E-state index in [4.69, 9.17) is 4.74 Å². The number of carbonyl (C=O) groups is 2. The molecule has 1 aliphatic heterocycles. The van der Waals surface area contributed by atoms with Crippen molar-refractivity contribution in [2.45, 2.75) is 6.54 Å². The van der Waals surface area contributed by atoms with Crippen LogP contribution in [0.5, 0.6) is 0 Å². The normalized spacial score (nSPS) is 14.2. The van der Waals surface area contributed by atoms with E-state index < -0.39 is 5.97 Å². The van der Waals surface area contributed by atoms with Crippen LogP contribution in [0.3, 0.4) is 0 Å². The van der Waals surface area contributed by atoms with Crippen LogP contribution in [-0.2, 0) is 11.3 Å². The van der Waals surface area contributed by atoms with E-state index in [0.29, 0.717) is 31.0 Å². The highest BCUT2D eigenvalue weighted by molar-refractivity contribution is 5.95. The Kier molecular flexibility index (Phi) is 4.18. The van der Waals surface area contributed by atoms with Gasteiger partial charge in [0.1, 0.15) is 5.82 Å². The minimum absolute atomic E-state index is 0.148. The molecule has 2 aromatic heterocycles. The van der Waals surface area contributed by atoms with Gasteiger partial charge in [-0.15, -0.1) is 0 Å². The average Bonchev–Trinajstić information content (AvgIpc) is 2.96. The summed E-state index contributed by atoms with van der Waals surface area (Å²) in [5.41, 5.74) is 1.20. The maximum atomic E-state index is 12.5. The van der Waals surface area contributed by atoms with Gasteiger partial charge in [0.05, 0.1) is 24.9 Å². The van der Waals surface area contributed by atoms with Gasteiger partial charge in [-0.1, -0.05) is 6.07 Å². The van der Waals surface area contributed by atoms with Crippen molar-refractivity contribution < 1.29 is 14.3 Å². The fourth-order valence-corrected chi connectivity index (χ4v) is 2.44. The molecule has 3 heterocycles. The average molecular weight is 312 g/mol. The lowest BCUT2D eigenvalue weighted by Crippen LogP contribution is -2.32. The molecule has 2 aromatic rings. The first-order valence-electron chi connectivity index (χ1n) is 7.20. The summed E-state index contributed by atoms with van der Waals surface area (Å²) < 4.78 is 4.69. The number of aromatic nitrogens is 2.